The molecule has 0 bridgehead atoms. The van der Waals surface area contributed by atoms with Crippen LogP contribution in [0.1, 0.15) is 19.4 Å². The predicted octanol–water partition coefficient (Wildman–Crippen LogP) is 1.04. The first-order chi connectivity index (χ1) is 9.09. The van der Waals surface area contributed by atoms with Crippen LogP contribution in [0.4, 0.5) is 11.4 Å². The minimum Gasteiger partial charge on any atom is -0.396 e. The minimum atomic E-state index is 0.399. The molecule has 0 amide bonds. The molecular formula is C12H15N7. The summed E-state index contributed by atoms with van der Waals surface area (Å²) in [6.07, 6.45) is 2.65. The Balaban J connectivity index is 2.45. The van der Waals surface area contributed by atoms with Crippen LogP contribution >= 0.6 is 0 Å². The average Bonchev–Trinajstić information content (AvgIpc) is 2.84. The number of fused-ring (bicyclic) bond motifs is 3. The van der Waals surface area contributed by atoms with Crippen molar-refractivity contribution in [2.75, 3.05) is 11.5 Å². The van der Waals surface area contributed by atoms with E-state index >= 15 is 0 Å². The SMILES string of the molecule is CC(C)Cc1ccnc2c1c(N)c(N)c1nnnn12. The Kier molecular flexibility index (Phi) is 2.48. The molecular weight excluding hydrogens is 242 g/mol. The van der Waals surface area contributed by atoms with Gasteiger partial charge in [0.15, 0.2) is 5.65 Å². The van der Waals surface area contributed by atoms with Crippen LogP contribution in [-0.2, 0) is 6.42 Å². The zero-order chi connectivity index (χ0) is 13.6. The number of pyridine rings is 2. The van der Waals surface area contributed by atoms with Gasteiger partial charge in [0.25, 0.3) is 0 Å². The Bertz CT molecular complexity index is 759. The van der Waals surface area contributed by atoms with Crippen LogP contribution in [0.5, 0.6) is 0 Å². The molecule has 0 saturated heterocycles. The van der Waals surface area contributed by atoms with Crippen molar-refractivity contribution in [3.8, 4) is 0 Å². The molecule has 0 radical (unpaired) electrons. The Morgan fingerprint density at radius 3 is 2.74 bits per heavy atom. The lowest BCUT2D eigenvalue weighted by atomic mass is 9.99. The molecule has 0 saturated carbocycles. The highest BCUT2D eigenvalue weighted by Gasteiger charge is 2.16. The molecule has 0 aromatic carbocycles. The number of nitrogen functional groups attached to an aromatic ring is 2. The van der Waals surface area contributed by atoms with Crippen LogP contribution in [0, 0.1) is 5.92 Å². The van der Waals surface area contributed by atoms with Gasteiger partial charge in [0.2, 0.25) is 5.65 Å². The van der Waals surface area contributed by atoms with Crippen LogP contribution in [0.25, 0.3) is 16.7 Å². The summed E-state index contributed by atoms with van der Waals surface area (Å²) in [5.41, 5.74) is 15.3. The zero-order valence-corrected chi connectivity index (χ0v) is 10.8. The van der Waals surface area contributed by atoms with E-state index in [4.69, 9.17) is 11.5 Å². The van der Waals surface area contributed by atoms with E-state index < -0.39 is 0 Å². The van der Waals surface area contributed by atoms with Crippen molar-refractivity contribution in [3.05, 3.63) is 17.8 Å². The average molecular weight is 257 g/mol. The summed E-state index contributed by atoms with van der Waals surface area (Å²) in [5.74, 6) is 0.510. The summed E-state index contributed by atoms with van der Waals surface area (Å²) in [6.45, 7) is 4.31. The van der Waals surface area contributed by atoms with E-state index in [0.717, 1.165) is 17.4 Å². The maximum Gasteiger partial charge on any atom is 0.206 e. The van der Waals surface area contributed by atoms with Crippen LogP contribution in [0.15, 0.2) is 12.3 Å². The monoisotopic (exact) mass is 257 g/mol. The Labute approximate surface area is 109 Å². The third-order valence-corrected chi connectivity index (χ3v) is 3.12. The molecule has 3 heterocycles. The lowest BCUT2D eigenvalue weighted by Crippen LogP contribution is -2.06. The third-order valence-electron chi connectivity index (χ3n) is 3.12. The summed E-state index contributed by atoms with van der Waals surface area (Å²) in [5, 5.41) is 12.3. The molecule has 0 fully saturated rings. The fourth-order valence-electron chi connectivity index (χ4n) is 2.31. The van der Waals surface area contributed by atoms with E-state index in [1.807, 2.05) is 6.07 Å². The Hall–Kier alpha value is -2.44. The highest BCUT2D eigenvalue weighted by Crippen LogP contribution is 2.31. The van der Waals surface area contributed by atoms with Crippen LogP contribution in [0.3, 0.4) is 0 Å². The van der Waals surface area contributed by atoms with Crippen LogP contribution < -0.4 is 11.5 Å². The van der Waals surface area contributed by atoms with Crippen molar-refractivity contribution in [1.82, 2.24) is 25.0 Å². The minimum absolute atomic E-state index is 0.399. The highest BCUT2D eigenvalue weighted by molar-refractivity contribution is 6.01. The van der Waals surface area contributed by atoms with Crippen molar-refractivity contribution in [2.24, 2.45) is 5.92 Å². The number of aromatic nitrogens is 5. The van der Waals surface area contributed by atoms with Gasteiger partial charge in [-0.1, -0.05) is 13.8 Å². The first kappa shape index (κ1) is 11.6. The fraction of sp³-hybridized carbons (Fsp3) is 0.333. The molecule has 98 valence electrons. The van der Waals surface area contributed by atoms with Gasteiger partial charge in [-0.3, -0.25) is 0 Å². The standard InChI is InChI=1S/C12H15N7/c1-6(2)5-7-3-4-15-11-8(7)9(13)10(14)12-16-17-18-19(11)12/h3-4,6H,5,13-14H2,1-2H3. The number of rotatable bonds is 2. The molecule has 0 unspecified atom stereocenters. The summed E-state index contributed by atoms with van der Waals surface area (Å²) in [7, 11) is 0. The number of nitrogens with two attached hydrogens (primary N) is 2. The van der Waals surface area contributed by atoms with E-state index in [2.05, 4.69) is 34.4 Å². The normalized spacial score (nSPS) is 11.7. The van der Waals surface area contributed by atoms with E-state index in [1.165, 1.54) is 4.52 Å². The zero-order valence-electron chi connectivity index (χ0n) is 10.8. The number of tetrazole rings is 1. The molecule has 0 aliphatic rings. The van der Waals surface area contributed by atoms with Gasteiger partial charge in [-0.25, -0.2) is 4.98 Å². The molecule has 3 rings (SSSR count). The second kappa shape index (κ2) is 4.04. The second-order valence-corrected chi connectivity index (χ2v) is 5.01. The van der Waals surface area contributed by atoms with Crippen molar-refractivity contribution < 1.29 is 0 Å². The first-order valence-electron chi connectivity index (χ1n) is 6.12. The van der Waals surface area contributed by atoms with Crippen molar-refractivity contribution in [2.45, 2.75) is 20.3 Å². The quantitative estimate of drug-likeness (QED) is 0.710. The molecule has 0 atom stereocenters. The van der Waals surface area contributed by atoms with Gasteiger partial charge in [0.1, 0.15) is 5.69 Å². The van der Waals surface area contributed by atoms with Gasteiger partial charge in [-0.15, -0.1) is 5.10 Å². The van der Waals surface area contributed by atoms with Crippen molar-refractivity contribution in [3.63, 3.8) is 0 Å². The van der Waals surface area contributed by atoms with Gasteiger partial charge in [-0.2, -0.15) is 4.52 Å². The number of nitrogens with zero attached hydrogens (tertiary/aromatic N) is 5. The molecule has 3 aromatic rings. The molecule has 19 heavy (non-hydrogen) atoms. The summed E-state index contributed by atoms with van der Waals surface area (Å²) in [6, 6.07) is 1.97. The summed E-state index contributed by atoms with van der Waals surface area (Å²) < 4.78 is 1.53. The third kappa shape index (κ3) is 1.66. The van der Waals surface area contributed by atoms with Crippen LogP contribution in [0.2, 0.25) is 0 Å². The summed E-state index contributed by atoms with van der Waals surface area (Å²) >= 11 is 0. The lowest BCUT2D eigenvalue weighted by Gasteiger charge is -2.12. The molecule has 0 spiro atoms. The molecule has 4 N–H and O–H groups in total. The molecule has 7 nitrogen and oxygen atoms in total. The maximum atomic E-state index is 6.15. The van der Waals surface area contributed by atoms with Gasteiger partial charge in [0, 0.05) is 11.6 Å². The maximum absolute atomic E-state index is 6.15. The van der Waals surface area contributed by atoms with Gasteiger partial charge < -0.3 is 11.5 Å². The van der Waals surface area contributed by atoms with E-state index in [1.54, 1.807) is 6.20 Å². The Morgan fingerprint density at radius 2 is 2.00 bits per heavy atom. The topological polar surface area (TPSA) is 108 Å². The van der Waals surface area contributed by atoms with Crippen LogP contribution in [-0.4, -0.2) is 25.0 Å². The summed E-state index contributed by atoms with van der Waals surface area (Å²) in [4.78, 5) is 4.34. The van der Waals surface area contributed by atoms with Gasteiger partial charge in [0.05, 0.1) is 5.69 Å². The van der Waals surface area contributed by atoms with Gasteiger partial charge in [-0.05, 0) is 34.4 Å². The highest BCUT2D eigenvalue weighted by atomic mass is 15.5. The van der Waals surface area contributed by atoms with E-state index in [9.17, 15) is 0 Å². The lowest BCUT2D eigenvalue weighted by molar-refractivity contribution is 0.649. The molecule has 7 heteroatoms. The van der Waals surface area contributed by atoms with Gasteiger partial charge >= 0.3 is 0 Å². The fourth-order valence-corrected chi connectivity index (χ4v) is 2.31. The number of hydrogen-bond donors (Lipinski definition) is 2. The van der Waals surface area contributed by atoms with Crippen molar-refractivity contribution in [1.29, 1.82) is 0 Å². The smallest absolute Gasteiger partial charge is 0.206 e. The molecule has 0 aliphatic heterocycles. The largest absolute Gasteiger partial charge is 0.396 e. The number of hydrogen-bond acceptors (Lipinski definition) is 6. The number of anilines is 2. The first-order valence-corrected chi connectivity index (χ1v) is 6.12. The van der Waals surface area contributed by atoms with E-state index in [0.29, 0.717) is 28.6 Å². The molecule has 3 aromatic heterocycles. The van der Waals surface area contributed by atoms with E-state index in [-0.39, 0.29) is 0 Å². The second-order valence-electron chi connectivity index (χ2n) is 5.01. The molecule has 0 aliphatic carbocycles. The predicted molar refractivity (Wildman–Crippen MR) is 73.4 cm³/mol. The van der Waals surface area contributed by atoms with Crippen molar-refractivity contribution >= 4 is 28.1 Å². The Morgan fingerprint density at radius 1 is 1.21 bits per heavy atom.